The molecule has 1 saturated carbocycles. The normalized spacial score (nSPS) is 13.8. The molecule has 2 heterocycles. The van der Waals surface area contributed by atoms with Crippen LogP contribution in [0.4, 0.5) is 4.39 Å². The van der Waals surface area contributed by atoms with Gasteiger partial charge in [0.25, 0.3) is 0 Å². The SMILES string of the molecule is NS(=O)(=O)c1ccc(Cc2c(-c3ccc(F)cc3)nn(-c3nc(C(=O)O)cs3)c2CC2CC2)cc1. The van der Waals surface area contributed by atoms with Crippen LogP contribution in [0.1, 0.15) is 40.2 Å². The molecule has 5 rings (SSSR count). The summed E-state index contributed by atoms with van der Waals surface area (Å²) in [6.07, 6.45) is 3.37. The summed E-state index contributed by atoms with van der Waals surface area (Å²) in [7, 11) is -3.81. The fourth-order valence-corrected chi connectivity index (χ4v) is 5.22. The number of halogens is 1. The van der Waals surface area contributed by atoms with E-state index in [1.165, 1.54) is 41.0 Å². The molecular formula is C24H21FN4O4S2. The Balaban J connectivity index is 1.65. The van der Waals surface area contributed by atoms with Crippen LogP contribution in [0.15, 0.2) is 58.8 Å². The van der Waals surface area contributed by atoms with E-state index in [9.17, 15) is 22.7 Å². The van der Waals surface area contributed by atoms with Crippen molar-refractivity contribution in [1.29, 1.82) is 0 Å². The standard InChI is InChI=1S/C24H21FN4O4S2/c25-17-7-5-16(6-8-17)22-19(11-14-3-9-18(10-4-14)35(26,32)33)21(12-15-1-2-15)29(28-22)24-27-20(13-34-24)23(30)31/h3-10,13,15H,1-2,11-12H2,(H,30,31)(H2,26,32,33). The lowest BCUT2D eigenvalue weighted by Crippen LogP contribution is -2.12. The Labute approximate surface area is 204 Å². The van der Waals surface area contributed by atoms with Crippen LogP contribution in [0.3, 0.4) is 0 Å². The predicted molar refractivity (Wildman–Crippen MR) is 129 cm³/mol. The fraction of sp³-hybridized carbons (Fsp3) is 0.208. The molecule has 35 heavy (non-hydrogen) atoms. The molecule has 0 saturated heterocycles. The van der Waals surface area contributed by atoms with Crippen LogP contribution in [0.5, 0.6) is 0 Å². The maximum Gasteiger partial charge on any atom is 0.355 e. The summed E-state index contributed by atoms with van der Waals surface area (Å²) in [5, 5.41) is 21.3. The van der Waals surface area contributed by atoms with Crippen molar-refractivity contribution in [2.45, 2.75) is 30.6 Å². The van der Waals surface area contributed by atoms with Crippen molar-refractivity contribution >= 4 is 27.3 Å². The van der Waals surface area contributed by atoms with Crippen LogP contribution in [-0.2, 0) is 22.9 Å². The molecule has 0 bridgehead atoms. The topological polar surface area (TPSA) is 128 Å². The number of nitrogens with two attached hydrogens (primary N) is 1. The highest BCUT2D eigenvalue weighted by molar-refractivity contribution is 7.89. The summed E-state index contributed by atoms with van der Waals surface area (Å²) >= 11 is 1.19. The van der Waals surface area contributed by atoms with Crippen LogP contribution in [0, 0.1) is 11.7 Å². The second kappa shape index (κ2) is 8.99. The summed E-state index contributed by atoms with van der Waals surface area (Å²) in [5.41, 5.74) is 3.97. The predicted octanol–water partition coefficient (Wildman–Crippen LogP) is 4.02. The first kappa shape index (κ1) is 23.3. The molecular weight excluding hydrogens is 491 g/mol. The van der Waals surface area contributed by atoms with E-state index in [1.54, 1.807) is 28.9 Å². The van der Waals surface area contributed by atoms with Gasteiger partial charge in [-0.2, -0.15) is 5.10 Å². The minimum atomic E-state index is -3.81. The third-order valence-corrected chi connectivity index (χ3v) is 7.66. The minimum absolute atomic E-state index is 0.0258. The van der Waals surface area contributed by atoms with Gasteiger partial charge in [-0.1, -0.05) is 12.1 Å². The number of benzene rings is 2. The summed E-state index contributed by atoms with van der Waals surface area (Å²) in [6.45, 7) is 0. The lowest BCUT2D eigenvalue weighted by atomic mass is 9.97. The number of carboxylic acid groups (broad SMARTS) is 1. The van der Waals surface area contributed by atoms with Gasteiger partial charge in [-0.15, -0.1) is 11.3 Å². The molecule has 3 N–H and O–H groups in total. The van der Waals surface area contributed by atoms with Crippen molar-refractivity contribution in [3.63, 3.8) is 0 Å². The smallest absolute Gasteiger partial charge is 0.355 e. The van der Waals surface area contributed by atoms with Crippen molar-refractivity contribution in [2.24, 2.45) is 11.1 Å². The van der Waals surface area contributed by atoms with Crippen molar-refractivity contribution in [1.82, 2.24) is 14.8 Å². The summed E-state index contributed by atoms with van der Waals surface area (Å²) in [6, 6.07) is 12.4. The Morgan fingerprint density at radius 2 is 1.83 bits per heavy atom. The van der Waals surface area contributed by atoms with E-state index in [-0.39, 0.29) is 16.4 Å². The number of carbonyl (C=O) groups is 1. The van der Waals surface area contributed by atoms with Gasteiger partial charge >= 0.3 is 5.97 Å². The first-order valence-corrected chi connectivity index (χ1v) is 13.3. The monoisotopic (exact) mass is 512 g/mol. The second-order valence-corrected chi connectivity index (χ2v) is 10.9. The number of thiazole rings is 1. The maximum atomic E-state index is 13.6. The van der Waals surface area contributed by atoms with E-state index in [0.717, 1.165) is 36.1 Å². The first-order chi connectivity index (χ1) is 16.7. The van der Waals surface area contributed by atoms with E-state index in [4.69, 9.17) is 10.2 Å². The summed E-state index contributed by atoms with van der Waals surface area (Å²) in [4.78, 5) is 15.7. The number of nitrogens with zero attached hydrogens (tertiary/aromatic N) is 3. The fourth-order valence-electron chi connectivity index (χ4n) is 3.93. The van der Waals surface area contributed by atoms with E-state index in [1.807, 2.05) is 0 Å². The Kier molecular flexibility index (Phi) is 5.99. The van der Waals surface area contributed by atoms with Crippen LogP contribution < -0.4 is 5.14 Å². The molecule has 8 nitrogen and oxygen atoms in total. The Morgan fingerprint density at radius 1 is 1.14 bits per heavy atom. The highest BCUT2D eigenvalue weighted by Gasteiger charge is 2.29. The third kappa shape index (κ3) is 5.02. The van der Waals surface area contributed by atoms with Gasteiger partial charge in [0, 0.05) is 22.9 Å². The first-order valence-electron chi connectivity index (χ1n) is 10.9. The quantitative estimate of drug-likeness (QED) is 0.367. The molecule has 1 aliphatic rings. The highest BCUT2D eigenvalue weighted by Crippen LogP contribution is 2.38. The van der Waals surface area contributed by atoms with Gasteiger partial charge < -0.3 is 5.11 Å². The molecule has 11 heteroatoms. The van der Waals surface area contributed by atoms with Crippen molar-refractivity contribution < 1.29 is 22.7 Å². The Morgan fingerprint density at radius 3 is 2.40 bits per heavy atom. The van der Waals surface area contributed by atoms with Crippen LogP contribution in [0.25, 0.3) is 16.4 Å². The number of sulfonamides is 1. The Bertz CT molecular complexity index is 1510. The molecule has 0 aliphatic heterocycles. The zero-order chi connectivity index (χ0) is 24.7. The van der Waals surface area contributed by atoms with Gasteiger partial charge in [-0.3, -0.25) is 0 Å². The summed E-state index contributed by atoms with van der Waals surface area (Å²) < 4.78 is 38.6. The van der Waals surface area contributed by atoms with Gasteiger partial charge in [-0.25, -0.2) is 32.4 Å². The molecule has 1 fully saturated rings. The van der Waals surface area contributed by atoms with Crippen molar-refractivity contribution in [2.75, 3.05) is 0 Å². The van der Waals surface area contributed by atoms with Crippen molar-refractivity contribution in [3.05, 3.63) is 82.2 Å². The number of hydrogen-bond acceptors (Lipinski definition) is 6. The zero-order valence-electron chi connectivity index (χ0n) is 18.4. The number of carboxylic acids is 1. The van der Waals surface area contributed by atoms with E-state index in [0.29, 0.717) is 28.7 Å². The molecule has 2 aromatic carbocycles. The molecule has 180 valence electrons. The second-order valence-electron chi connectivity index (χ2n) is 8.53. The van der Waals surface area contributed by atoms with Crippen molar-refractivity contribution in [3.8, 4) is 16.4 Å². The molecule has 1 aliphatic carbocycles. The minimum Gasteiger partial charge on any atom is -0.476 e. The van der Waals surface area contributed by atoms with Gasteiger partial charge in [0.2, 0.25) is 15.2 Å². The van der Waals surface area contributed by atoms with Crippen LogP contribution in [-0.4, -0.2) is 34.3 Å². The van der Waals surface area contributed by atoms with Gasteiger partial charge in [0.05, 0.1) is 16.3 Å². The highest BCUT2D eigenvalue weighted by atomic mass is 32.2. The van der Waals surface area contributed by atoms with Gasteiger partial charge in [0.15, 0.2) is 5.69 Å². The Hall–Kier alpha value is -3.41. The van der Waals surface area contributed by atoms with E-state index < -0.39 is 16.0 Å². The molecule has 0 unspecified atom stereocenters. The molecule has 2 aromatic heterocycles. The number of aromatic nitrogens is 3. The number of rotatable bonds is 8. The molecule has 0 amide bonds. The molecule has 0 spiro atoms. The third-order valence-electron chi connectivity index (χ3n) is 5.91. The number of primary sulfonamides is 1. The zero-order valence-corrected chi connectivity index (χ0v) is 20.0. The number of hydrogen-bond donors (Lipinski definition) is 2. The average molecular weight is 513 g/mol. The van der Waals surface area contributed by atoms with E-state index >= 15 is 0 Å². The lowest BCUT2D eigenvalue weighted by Gasteiger charge is -2.09. The molecule has 4 aromatic rings. The molecule has 0 radical (unpaired) electrons. The van der Waals surface area contributed by atoms with Crippen LogP contribution in [0.2, 0.25) is 0 Å². The summed E-state index contributed by atoms with van der Waals surface area (Å²) in [5.74, 6) is -0.983. The van der Waals surface area contributed by atoms with E-state index in [2.05, 4.69) is 4.98 Å². The molecule has 0 atom stereocenters. The number of aromatic carboxylic acids is 1. The largest absolute Gasteiger partial charge is 0.476 e. The van der Waals surface area contributed by atoms with Gasteiger partial charge in [0.1, 0.15) is 5.82 Å². The maximum absolute atomic E-state index is 13.6. The van der Waals surface area contributed by atoms with Gasteiger partial charge in [-0.05, 0) is 67.1 Å². The average Bonchev–Trinajstić information content (AvgIpc) is 3.37. The van der Waals surface area contributed by atoms with Crippen LogP contribution >= 0.6 is 11.3 Å². The lowest BCUT2D eigenvalue weighted by molar-refractivity contribution is 0.0691.